The Kier molecular flexibility index (Phi) is 5.87. The van der Waals surface area contributed by atoms with Crippen molar-refractivity contribution in [3.05, 3.63) is 39.8 Å². The molecule has 0 aromatic heterocycles. The Labute approximate surface area is 142 Å². The van der Waals surface area contributed by atoms with Crippen molar-refractivity contribution >= 4 is 52.2 Å². The summed E-state index contributed by atoms with van der Waals surface area (Å²) in [6, 6.07) is 5.96. The van der Waals surface area contributed by atoms with Crippen molar-refractivity contribution in [1.82, 2.24) is 0 Å². The van der Waals surface area contributed by atoms with Gasteiger partial charge in [0.05, 0.1) is 17.9 Å². The largest absolute Gasteiger partial charge is 0.469 e. The smallest absolute Gasteiger partial charge is 0.312 e. The van der Waals surface area contributed by atoms with Crippen molar-refractivity contribution in [3.63, 3.8) is 0 Å². The predicted molar refractivity (Wildman–Crippen MR) is 94.7 cm³/mol. The number of allylic oxidation sites excluding steroid dienone is 1. The van der Waals surface area contributed by atoms with Gasteiger partial charge in [-0.2, -0.15) is 0 Å². The number of benzene rings is 1. The maximum Gasteiger partial charge on any atom is 0.312 e. The van der Waals surface area contributed by atoms with E-state index in [0.29, 0.717) is 6.42 Å². The number of Topliss-reactive ketones (excluding diaryl/α,β-unsaturated/α-hetero) is 1. The van der Waals surface area contributed by atoms with Gasteiger partial charge in [0.25, 0.3) is 0 Å². The van der Waals surface area contributed by atoms with Crippen LogP contribution in [0.4, 0.5) is 0 Å². The SMILES string of the molecule is COC(=O)C(C)c1ccc(/C=C2\SCCC2=O)c(CI)c1. The summed E-state index contributed by atoms with van der Waals surface area (Å²) in [5, 5.41) is 0. The lowest BCUT2D eigenvalue weighted by molar-refractivity contribution is -0.142. The number of carbonyl (C=O) groups excluding carboxylic acids is 2. The van der Waals surface area contributed by atoms with E-state index < -0.39 is 0 Å². The summed E-state index contributed by atoms with van der Waals surface area (Å²) in [6.07, 6.45) is 2.61. The van der Waals surface area contributed by atoms with E-state index in [1.54, 1.807) is 11.8 Å². The number of methoxy groups -OCH3 is 1. The molecular formula is C16H17IO3S. The molecule has 21 heavy (non-hydrogen) atoms. The highest BCUT2D eigenvalue weighted by atomic mass is 127. The summed E-state index contributed by atoms with van der Waals surface area (Å²) in [4.78, 5) is 24.2. The average Bonchev–Trinajstić information content (AvgIpc) is 2.91. The molecule has 2 rings (SSSR count). The molecule has 112 valence electrons. The zero-order valence-corrected chi connectivity index (χ0v) is 15.0. The normalized spacial score (nSPS) is 18.0. The molecule has 0 saturated carbocycles. The average molecular weight is 416 g/mol. The molecule has 3 nitrogen and oxygen atoms in total. The third-order valence-corrected chi connectivity index (χ3v) is 5.40. The van der Waals surface area contributed by atoms with Crippen LogP contribution in [0.3, 0.4) is 0 Å². The van der Waals surface area contributed by atoms with Crippen LogP contribution in [0.25, 0.3) is 6.08 Å². The number of ketones is 1. The highest BCUT2D eigenvalue weighted by molar-refractivity contribution is 14.1. The summed E-state index contributed by atoms with van der Waals surface area (Å²) >= 11 is 3.92. The fourth-order valence-electron chi connectivity index (χ4n) is 2.19. The number of rotatable bonds is 4. The Morgan fingerprint density at radius 3 is 2.86 bits per heavy atom. The number of hydrogen-bond acceptors (Lipinski definition) is 4. The summed E-state index contributed by atoms with van der Waals surface area (Å²) in [6.45, 7) is 1.84. The fraction of sp³-hybridized carbons (Fsp3) is 0.375. The number of alkyl halides is 1. The monoisotopic (exact) mass is 416 g/mol. The van der Waals surface area contributed by atoms with Gasteiger partial charge in [-0.1, -0.05) is 40.8 Å². The van der Waals surface area contributed by atoms with Gasteiger partial charge >= 0.3 is 5.97 Å². The Hall–Kier alpha value is -0.820. The maximum atomic E-state index is 11.7. The van der Waals surface area contributed by atoms with E-state index in [9.17, 15) is 9.59 Å². The highest BCUT2D eigenvalue weighted by Crippen LogP contribution is 2.31. The maximum absolute atomic E-state index is 11.7. The number of esters is 1. The molecule has 1 unspecified atom stereocenters. The molecule has 0 radical (unpaired) electrons. The van der Waals surface area contributed by atoms with Crippen LogP contribution in [-0.4, -0.2) is 24.6 Å². The molecule has 0 N–H and O–H groups in total. The van der Waals surface area contributed by atoms with Gasteiger partial charge in [-0.15, -0.1) is 11.8 Å². The van der Waals surface area contributed by atoms with Gasteiger partial charge < -0.3 is 4.74 Å². The van der Waals surface area contributed by atoms with E-state index in [2.05, 4.69) is 22.6 Å². The Balaban J connectivity index is 2.33. The molecule has 1 fully saturated rings. The van der Waals surface area contributed by atoms with Gasteiger partial charge in [0.2, 0.25) is 0 Å². The summed E-state index contributed by atoms with van der Waals surface area (Å²) in [5.74, 6) is 0.594. The zero-order valence-electron chi connectivity index (χ0n) is 12.0. The lowest BCUT2D eigenvalue weighted by Crippen LogP contribution is -2.11. The van der Waals surface area contributed by atoms with Crippen LogP contribution in [0, 0.1) is 0 Å². The van der Waals surface area contributed by atoms with Crippen molar-refractivity contribution in [1.29, 1.82) is 0 Å². The van der Waals surface area contributed by atoms with Gasteiger partial charge in [-0.3, -0.25) is 9.59 Å². The Morgan fingerprint density at radius 1 is 1.52 bits per heavy atom. The minimum Gasteiger partial charge on any atom is -0.469 e. The van der Waals surface area contributed by atoms with Crippen molar-refractivity contribution < 1.29 is 14.3 Å². The molecule has 1 heterocycles. The summed E-state index contributed by atoms with van der Waals surface area (Å²) in [7, 11) is 1.40. The molecule has 1 atom stereocenters. The molecule has 0 amide bonds. The van der Waals surface area contributed by atoms with E-state index in [1.807, 2.05) is 31.2 Å². The van der Waals surface area contributed by atoms with Crippen molar-refractivity contribution in [3.8, 4) is 0 Å². The number of halogens is 1. The molecule has 1 saturated heterocycles. The summed E-state index contributed by atoms with van der Waals surface area (Å²) < 4.78 is 5.62. The predicted octanol–water partition coefficient (Wildman–Crippen LogP) is 3.95. The second kappa shape index (κ2) is 7.45. The standard InChI is InChI=1S/C16H17IO3S/c1-10(16(19)20-2)11-3-4-12(13(7-11)9-17)8-15-14(18)5-6-21-15/h3-4,7-8,10H,5-6,9H2,1-2H3/b15-8-. The summed E-state index contributed by atoms with van der Waals surface area (Å²) in [5.41, 5.74) is 3.14. The number of ether oxygens (including phenoxy) is 1. The first-order chi connectivity index (χ1) is 10.1. The molecule has 1 aromatic carbocycles. The minimum atomic E-state index is -0.277. The van der Waals surface area contributed by atoms with Crippen molar-refractivity contribution in [2.75, 3.05) is 12.9 Å². The molecule has 0 aliphatic carbocycles. The van der Waals surface area contributed by atoms with Crippen LogP contribution in [0.5, 0.6) is 0 Å². The molecule has 0 spiro atoms. The number of hydrogen-bond donors (Lipinski definition) is 0. The quantitative estimate of drug-likeness (QED) is 0.323. The van der Waals surface area contributed by atoms with E-state index >= 15 is 0 Å². The van der Waals surface area contributed by atoms with Crippen LogP contribution in [-0.2, 0) is 18.8 Å². The lowest BCUT2D eigenvalue weighted by atomic mass is 9.96. The fourth-order valence-corrected chi connectivity index (χ4v) is 3.83. The van der Waals surface area contributed by atoms with Gasteiger partial charge in [-0.25, -0.2) is 0 Å². The molecule has 1 aliphatic rings. The third kappa shape index (κ3) is 3.88. The number of thioether (sulfide) groups is 1. The van der Waals surface area contributed by atoms with Crippen LogP contribution in [0.15, 0.2) is 23.1 Å². The van der Waals surface area contributed by atoms with Crippen LogP contribution < -0.4 is 0 Å². The first-order valence-corrected chi connectivity index (χ1v) is 9.22. The van der Waals surface area contributed by atoms with E-state index in [0.717, 1.165) is 31.8 Å². The number of carbonyl (C=O) groups is 2. The van der Waals surface area contributed by atoms with E-state index in [1.165, 1.54) is 7.11 Å². The van der Waals surface area contributed by atoms with Gasteiger partial charge in [-0.05, 0) is 29.7 Å². The van der Waals surface area contributed by atoms with E-state index in [-0.39, 0.29) is 17.7 Å². The Bertz CT molecular complexity index is 595. The minimum absolute atomic E-state index is 0.228. The second-order valence-corrected chi connectivity index (χ2v) is 6.77. The van der Waals surface area contributed by atoms with Crippen molar-refractivity contribution in [2.45, 2.75) is 23.7 Å². The molecular weight excluding hydrogens is 399 g/mol. The highest BCUT2D eigenvalue weighted by Gasteiger charge is 2.19. The topological polar surface area (TPSA) is 43.4 Å². The Morgan fingerprint density at radius 2 is 2.29 bits per heavy atom. The molecule has 0 bridgehead atoms. The molecule has 5 heteroatoms. The molecule has 1 aromatic rings. The first-order valence-electron chi connectivity index (χ1n) is 6.71. The zero-order chi connectivity index (χ0) is 15.4. The second-order valence-electron chi connectivity index (χ2n) is 4.87. The molecule has 1 aliphatic heterocycles. The first kappa shape index (κ1) is 16.5. The van der Waals surface area contributed by atoms with Crippen molar-refractivity contribution in [2.24, 2.45) is 0 Å². The van der Waals surface area contributed by atoms with E-state index in [4.69, 9.17) is 4.74 Å². The lowest BCUT2D eigenvalue weighted by Gasteiger charge is -2.12. The van der Waals surface area contributed by atoms with Crippen LogP contribution in [0.1, 0.15) is 36.0 Å². The third-order valence-electron chi connectivity index (χ3n) is 3.51. The van der Waals surface area contributed by atoms with Gasteiger partial charge in [0.1, 0.15) is 0 Å². The van der Waals surface area contributed by atoms with Crippen LogP contribution in [0.2, 0.25) is 0 Å². The van der Waals surface area contributed by atoms with Gasteiger partial charge in [0, 0.05) is 16.6 Å². The van der Waals surface area contributed by atoms with Gasteiger partial charge in [0.15, 0.2) is 5.78 Å². The van der Waals surface area contributed by atoms with Crippen LogP contribution >= 0.6 is 34.4 Å².